The minimum Gasteiger partial charge on any atom is -0.271 e. The van der Waals surface area contributed by atoms with Gasteiger partial charge in [-0.15, -0.1) is 0 Å². The van der Waals surface area contributed by atoms with Gasteiger partial charge in [0, 0.05) is 17.5 Å². The molecule has 1 aromatic heterocycles. The lowest BCUT2D eigenvalue weighted by Gasteiger charge is -2.17. The maximum Gasteiger partial charge on any atom is 0.138 e. The molecular formula is C13H18ClN5. The molecule has 6 heteroatoms. The van der Waals surface area contributed by atoms with Crippen molar-refractivity contribution in [1.82, 2.24) is 20.2 Å². The maximum atomic E-state index is 6.01. The van der Waals surface area contributed by atoms with Crippen molar-refractivity contribution in [3.05, 3.63) is 47.0 Å². The topological polar surface area (TPSA) is 68.8 Å². The van der Waals surface area contributed by atoms with Crippen molar-refractivity contribution in [2.75, 3.05) is 0 Å². The number of nitrogens with zero attached hydrogens (tertiary/aromatic N) is 3. The van der Waals surface area contributed by atoms with Gasteiger partial charge in [-0.2, -0.15) is 5.10 Å². The number of nitrogens with one attached hydrogen (secondary N) is 1. The summed E-state index contributed by atoms with van der Waals surface area (Å²) in [7, 11) is 0. The lowest BCUT2D eigenvalue weighted by molar-refractivity contribution is 0.468. The number of hydrazine groups is 1. The van der Waals surface area contributed by atoms with Gasteiger partial charge in [-0.1, -0.05) is 23.7 Å². The van der Waals surface area contributed by atoms with Gasteiger partial charge in [-0.25, -0.2) is 9.67 Å². The highest BCUT2D eigenvalue weighted by Crippen LogP contribution is 2.21. The summed E-state index contributed by atoms with van der Waals surface area (Å²) in [4.78, 5) is 4.30. The van der Waals surface area contributed by atoms with Crippen molar-refractivity contribution in [3.63, 3.8) is 0 Å². The minimum atomic E-state index is -0.0413. The summed E-state index contributed by atoms with van der Waals surface area (Å²) in [6.45, 7) is 4.14. The molecule has 1 aromatic carbocycles. The van der Waals surface area contributed by atoms with Crippen LogP contribution in [0.4, 0.5) is 0 Å². The Morgan fingerprint density at radius 2 is 2.21 bits per heavy atom. The summed E-state index contributed by atoms with van der Waals surface area (Å²) in [5, 5.41) is 4.92. The lowest BCUT2D eigenvalue weighted by Crippen LogP contribution is -2.30. The zero-order valence-corrected chi connectivity index (χ0v) is 11.8. The number of aromatic nitrogens is 3. The number of halogens is 1. The zero-order valence-electron chi connectivity index (χ0n) is 11.0. The van der Waals surface area contributed by atoms with Gasteiger partial charge in [0.05, 0.1) is 6.04 Å². The van der Waals surface area contributed by atoms with Crippen molar-refractivity contribution < 1.29 is 0 Å². The number of hydrogen-bond acceptors (Lipinski definition) is 4. The smallest absolute Gasteiger partial charge is 0.138 e. The van der Waals surface area contributed by atoms with Crippen LogP contribution in [0.1, 0.15) is 37.3 Å². The Labute approximate surface area is 117 Å². The van der Waals surface area contributed by atoms with Crippen molar-refractivity contribution in [2.24, 2.45) is 5.84 Å². The van der Waals surface area contributed by atoms with E-state index < -0.39 is 0 Å². The van der Waals surface area contributed by atoms with Crippen molar-refractivity contribution >= 4 is 11.6 Å². The fraction of sp³-hybridized carbons (Fsp3) is 0.385. The van der Waals surface area contributed by atoms with E-state index >= 15 is 0 Å². The predicted molar refractivity (Wildman–Crippen MR) is 75.6 cm³/mol. The molecule has 3 N–H and O–H groups in total. The van der Waals surface area contributed by atoms with Crippen molar-refractivity contribution in [1.29, 1.82) is 0 Å². The number of benzene rings is 1. The third kappa shape index (κ3) is 3.32. The first-order valence-corrected chi connectivity index (χ1v) is 6.59. The Bertz CT molecular complexity index is 537. The predicted octanol–water partition coefficient (Wildman–Crippen LogP) is 2.26. The Morgan fingerprint density at radius 3 is 2.84 bits per heavy atom. The highest BCUT2D eigenvalue weighted by atomic mass is 35.5. The van der Waals surface area contributed by atoms with Crippen LogP contribution in [-0.4, -0.2) is 14.8 Å². The van der Waals surface area contributed by atoms with Crippen LogP contribution < -0.4 is 11.3 Å². The largest absolute Gasteiger partial charge is 0.271 e. The minimum absolute atomic E-state index is 0.0413. The molecule has 1 heterocycles. The van der Waals surface area contributed by atoms with Gasteiger partial charge in [0.15, 0.2) is 0 Å². The highest BCUT2D eigenvalue weighted by molar-refractivity contribution is 6.30. The number of nitrogens with two attached hydrogens (primary N) is 1. The van der Waals surface area contributed by atoms with E-state index in [2.05, 4.69) is 29.4 Å². The molecule has 102 valence electrons. The quantitative estimate of drug-likeness (QED) is 0.651. The second-order valence-corrected chi connectivity index (χ2v) is 5.13. The second kappa shape index (κ2) is 6.14. The van der Waals surface area contributed by atoms with Crippen LogP contribution in [0.2, 0.25) is 5.02 Å². The van der Waals surface area contributed by atoms with Gasteiger partial charge < -0.3 is 0 Å². The summed E-state index contributed by atoms with van der Waals surface area (Å²) in [6, 6.07) is 7.88. The van der Waals surface area contributed by atoms with Crippen LogP contribution >= 0.6 is 11.6 Å². The fourth-order valence-corrected chi connectivity index (χ4v) is 2.23. The first kappa shape index (κ1) is 14.0. The van der Waals surface area contributed by atoms with Gasteiger partial charge in [0.25, 0.3) is 0 Å². The normalized spacial score (nSPS) is 12.9. The summed E-state index contributed by atoms with van der Waals surface area (Å²) < 4.78 is 1.90. The van der Waals surface area contributed by atoms with E-state index in [0.717, 1.165) is 11.4 Å². The summed E-state index contributed by atoms with van der Waals surface area (Å²) in [6.07, 6.45) is 2.23. The molecule has 0 amide bonds. The lowest BCUT2D eigenvalue weighted by atomic mass is 10.0. The molecule has 0 radical (unpaired) electrons. The fourth-order valence-electron chi connectivity index (χ4n) is 2.03. The zero-order chi connectivity index (χ0) is 13.8. The molecule has 2 aromatic rings. The third-order valence-electron chi connectivity index (χ3n) is 2.98. The van der Waals surface area contributed by atoms with Crippen LogP contribution in [0.5, 0.6) is 0 Å². The molecule has 5 nitrogen and oxygen atoms in total. The van der Waals surface area contributed by atoms with E-state index in [0.29, 0.717) is 11.4 Å². The summed E-state index contributed by atoms with van der Waals surface area (Å²) in [5.74, 6) is 6.55. The van der Waals surface area contributed by atoms with E-state index in [1.54, 1.807) is 6.33 Å². The van der Waals surface area contributed by atoms with Crippen LogP contribution in [0, 0.1) is 0 Å². The molecule has 0 aliphatic heterocycles. The molecular weight excluding hydrogens is 262 g/mol. The molecule has 0 aliphatic rings. The van der Waals surface area contributed by atoms with E-state index in [1.165, 1.54) is 0 Å². The van der Waals surface area contributed by atoms with Gasteiger partial charge >= 0.3 is 0 Å². The van der Waals surface area contributed by atoms with Crippen LogP contribution in [0.15, 0.2) is 30.6 Å². The number of rotatable bonds is 5. The van der Waals surface area contributed by atoms with E-state index in [4.69, 9.17) is 17.4 Å². The average molecular weight is 280 g/mol. The molecule has 2 rings (SSSR count). The molecule has 0 aliphatic carbocycles. The molecule has 1 atom stereocenters. The van der Waals surface area contributed by atoms with Crippen LogP contribution in [0.3, 0.4) is 0 Å². The average Bonchev–Trinajstić information content (AvgIpc) is 2.84. The van der Waals surface area contributed by atoms with Gasteiger partial charge in [0.1, 0.15) is 12.2 Å². The Hall–Kier alpha value is -1.43. The maximum absolute atomic E-state index is 6.01. The second-order valence-electron chi connectivity index (χ2n) is 4.69. The Kier molecular flexibility index (Phi) is 4.52. The molecule has 0 fully saturated rings. The Balaban J connectivity index is 2.22. The Morgan fingerprint density at radius 1 is 1.42 bits per heavy atom. The van der Waals surface area contributed by atoms with Gasteiger partial charge in [0.2, 0.25) is 0 Å². The van der Waals surface area contributed by atoms with E-state index in [1.807, 2.05) is 28.9 Å². The van der Waals surface area contributed by atoms with E-state index in [9.17, 15) is 0 Å². The van der Waals surface area contributed by atoms with E-state index in [-0.39, 0.29) is 12.1 Å². The SMILES string of the molecule is CC(C)n1ncnc1CC(NN)c1cccc(Cl)c1. The summed E-state index contributed by atoms with van der Waals surface area (Å²) >= 11 is 6.01. The van der Waals surface area contributed by atoms with Gasteiger partial charge in [-0.3, -0.25) is 11.3 Å². The molecule has 0 spiro atoms. The van der Waals surface area contributed by atoms with Crippen LogP contribution in [-0.2, 0) is 6.42 Å². The highest BCUT2D eigenvalue weighted by Gasteiger charge is 2.16. The first-order valence-electron chi connectivity index (χ1n) is 6.21. The first-order chi connectivity index (χ1) is 9.11. The summed E-state index contributed by atoms with van der Waals surface area (Å²) in [5.41, 5.74) is 3.85. The monoisotopic (exact) mass is 279 g/mol. The third-order valence-corrected chi connectivity index (χ3v) is 3.21. The molecule has 0 bridgehead atoms. The van der Waals surface area contributed by atoms with Crippen LogP contribution in [0.25, 0.3) is 0 Å². The van der Waals surface area contributed by atoms with Crippen molar-refractivity contribution in [2.45, 2.75) is 32.4 Å². The molecule has 0 saturated heterocycles. The number of hydrogen-bond donors (Lipinski definition) is 2. The molecule has 1 unspecified atom stereocenters. The molecule has 19 heavy (non-hydrogen) atoms. The molecule has 0 saturated carbocycles. The van der Waals surface area contributed by atoms with Crippen molar-refractivity contribution in [3.8, 4) is 0 Å². The standard InChI is InChI=1S/C13H18ClN5/c1-9(2)19-13(16-8-17-19)7-12(18-15)10-4-3-5-11(14)6-10/h3-6,8-9,12,18H,7,15H2,1-2H3. The van der Waals surface area contributed by atoms with Gasteiger partial charge in [-0.05, 0) is 31.5 Å².